The number of nitrogens with two attached hydrogens (primary N) is 1. The largest absolute Gasteiger partial charge is 0.480 e. The molecular weight excluding hydrogens is 310 g/mol. The molecule has 7 atom stereocenters. The maximum atomic E-state index is 12.5. The summed E-state index contributed by atoms with van der Waals surface area (Å²) in [5.41, 5.74) is 5.73. The molecule has 1 aliphatic heterocycles. The van der Waals surface area contributed by atoms with Crippen LogP contribution in [0.4, 0.5) is 8.78 Å². The standard InChI is InChI=1S/C15H20F2N2O4/c1-6(23-15(16)17)11(18)13(20)19-5-9-7-2-3-8(4-7)10(9)12(19)14(21)22/h2-3,6-12,15H,4-5,18H2,1H3,(H,21,22)/t6-,7-,8+,9-,10+,11+,12+/m1/s1. The van der Waals surface area contributed by atoms with E-state index in [9.17, 15) is 23.5 Å². The fraction of sp³-hybridized carbons (Fsp3) is 0.733. The summed E-state index contributed by atoms with van der Waals surface area (Å²) < 4.78 is 28.8. The summed E-state index contributed by atoms with van der Waals surface area (Å²) in [6, 6.07) is -2.26. The van der Waals surface area contributed by atoms with Gasteiger partial charge in [-0.1, -0.05) is 12.2 Å². The minimum Gasteiger partial charge on any atom is -0.480 e. The molecule has 3 N–H and O–H groups in total. The third-order valence-electron chi connectivity index (χ3n) is 5.44. The molecule has 0 unspecified atom stereocenters. The van der Waals surface area contributed by atoms with E-state index < -0.39 is 36.7 Å². The Hall–Kier alpha value is -1.54. The minimum atomic E-state index is -3.03. The van der Waals surface area contributed by atoms with Crippen LogP contribution in [0.1, 0.15) is 13.3 Å². The van der Waals surface area contributed by atoms with Gasteiger partial charge in [0.2, 0.25) is 5.91 Å². The van der Waals surface area contributed by atoms with Crippen molar-refractivity contribution in [1.29, 1.82) is 0 Å². The SMILES string of the molecule is C[C@@H](OC(F)F)[C@H](N)C(=O)N1C[C@H]2[C@@H]([C@H]1C(=O)O)[C@H]1C=C[C@@H]2C1. The summed E-state index contributed by atoms with van der Waals surface area (Å²) in [4.78, 5) is 25.5. The summed E-state index contributed by atoms with van der Waals surface area (Å²) in [5, 5.41) is 9.56. The van der Waals surface area contributed by atoms with Gasteiger partial charge in [-0.2, -0.15) is 8.78 Å². The number of carboxylic acid groups (broad SMARTS) is 1. The van der Waals surface area contributed by atoms with Crippen molar-refractivity contribution in [2.45, 2.75) is 38.1 Å². The second-order valence-electron chi connectivity index (χ2n) is 6.59. The van der Waals surface area contributed by atoms with Gasteiger partial charge in [0.15, 0.2) is 0 Å². The lowest BCUT2D eigenvalue weighted by molar-refractivity contribution is -0.171. The predicted molar refractivity (Wildman–Crippen MR) is 75.4 cm³/mol. The van der Waals surface area contributed by atoms with E-state index >= 15 is 0 Å². The van der Waals surface area contributed by atoms with E-state index in [1.54, 1.807) is 0 Å². The van der Waals surface area contributed by atoms with Crippen molar-refractivity contribution >= 4 is 11.9 Å². The third-order valence-corrected chi connectivity index (χ3v) is 5.44. The number of carbonyl (C=O) groups excluding carboxylic acids is 1. The van der Waals surface area contributed by atoms with Crippen LogP contribution in [0.25, 0.3) is 0 Å². The van der Waals surface area contributed by atoms with Crippen molar-refractivity contribution in [2.24, 2.45) is 29.4 Å². The number of aliphatic carboxylic acids is 1. The summed E-state index contributed by atoms with van der Waals surface area (Å²) >= 11 is 0. The summed E-state index contributed by atoms with van der Waals surface area (Å²) in [6.07, 6.45) is 3.85. The van der Waals surface area contributed by atoms with Crippen molar-refractivity contribution < 1.29 is 28.2 Å². The van der Waals surface area contributed by atoms with Crippen molar-refractivity contribution in [3.05, 3.63) is 12.2 Å². The molecule has 0 aromatic heterocycles. The summed E-state index contributed by atoms with van der Waals surface area (Å²) in [6.45, 7) is -1.44. The second kappa shape index (κ2) is 5.83. The lowest BCUT2D eigenvalue weighted by atomic mass is 9.82. The maximum absolute atomic E-state index is 12.5. The van der Waals surface area contributed by atoms with E-state index in [0.717, 1.165) is 6.42 Å². The van der Waals surface area contributed by atoms with Gasteiger partial charge in [-0.25, -0.2) is 4.79 Å². The van der Waals surface area contributed by atoms with Crippen LogP contribution >= 0.6 is 0 Å². The number of hydrogen-bond donors (Lipinski definition) is 2. The van der Waals surface area contributed by atoms with E-state index in [1.165, 1.54) is 11.8 Å². The van der Waals surface area contributed by atoms with Crippen LogP contribution in [0.2, 0.25) is 0 Å². The Morgan fingerprint density at radius 1 is 1.35 bits per heavy atom. The predicted octanol–water partition coefficient (Wildman–Crippen LogP) is 0.675. The Morgan fingerprint density at radius 3 is 2.61 bits per heavy atom. The summed E-state index contributed by atoms with van der Waals surface area (Å²) in [7, 11) is 0. The van der Waals surface area contributed by atoms with E-state index in [4.69, 9.17) is 5.73 Å². The van der Waals surface area contributed by atoms with Crippen molar-refractivity contribution in [2.75, 3.05) is 6.54 Å². The molecule has 1 saturated heterocycles. The van der Waals surface area contributed by atoms with Crippen molar-refractivity contribution in [3.63, 3.8) is 0 Å². The Balaban J connectivity index is 1.77. The third kappa shape index (κ3) is 2.63. The molecule has 1 saturated carbocycles. The molecule has 23 heavy (non-hydrogen) atoms. The highest BCUT2D eigenvalue weighted by molar-refractivity contribution is 5.88. The first-order chi connectivity index (χ1) is 10.8. The van der Waals surface area contributed by atoms with Crippen molar-refractivity contribution in [1.82, 2.24) is 4.90 Å². The normalized spacial score (nSPS) is 37.3. The molecule has 2 aliphatic carbocycles. The molecule has 0 aromatic carbocycles. The molecule has 0 aromatic rings. The van der Waals surface area contributed by atoms with Gasteiger partial charge in [-0.3, -0.25) is 4.79 Å². The Labute approximate surface area is 132 Å². The lowest BCUT2D eigenvalue weighted by Gasteiger charge is -2.30. The van der Waals surface area contributed by atoms with Gasteiger partial charge in [-0.15, -0.1) is 0 Å². The molecule has 3 aliphatic rings. The van der Waals surface area contributed by atoms with E-state index in [1.807, 2.05) is 6.08 Å². The van der Waals surface area contributed by atoms with Gasteiger partial charge in [0.1, 0.15) is 12.1 Å². The fourth-order valence-corrected chi connectivity index (χ4v) is 4.40. The highest BCUT2D eigenvalue weighted by Crippen LogP contribution is 2.54. The molecule has 1 heterocycles. The Morgan fingerprint density at radius 2 is 2.00 bits per heavy atom. The highest BCUT2D eigenvalue weighted by atomic mass is 19.3. The monoisotopic (exact) mass is 330 g/mol. The van der Waals surface area contributed by atoms with Crippen LogP contribution in [-0.4, -0.2) is 53.2 Å². The number of carboxylic acids is 1. The van der Waals surface area contributed by atoms with Gasteiger partial charge < -0.3 is 20.5 Å². The fourth-order valence-electron chi connectivity index (χ4n) is 4.40. The zero-order valence-electron chi connectivity index (χ0n) is 12.6. The van der Waals surface area contributed by atoms with Crippen LogP contribution in [0.3, 0.4) is 0 Å². The quantitative estimate of drug-likeness (QED) is 0.723. The molecule has 2 bridgehead atoms. The van der Waals surface area contributed by atoms with E-state index in [2.05, 4.69) is 10.8 Å². The number of halogens is 2. The average Bonchev–Trinajstić information content (AvgIpc) is 3.15. The first-order valence-electron chi connectivity index (χ1n) is 7.72. The summed E-state index contributed by atoms with van der Waals surface area (Å²) in [5.74, 6) is -1.27. The maximum Gasteiger partial charge on any atom is 0.345 e. The number of amides is 1. The number of allylic oxidation sites excluding steroid dienone is 2. The number of hydrogen-bond acceptors (Lipinski definition) is 4. The van der Waals surface area contributed by atoms with E-state index in [-0.39, 0.29) is 23.7 Å². The van der Waals surface area contributed by atoms with Gasteiger partial charge in [0.05, 0.1) is 6.10 Å². The van der Waals surface area contributed by atoms with Crippen LogP contribution in [0.5, 0.6) is 0 Å². The van der Waals surface area contributed by atoms with Crippen LogP contribution < -0.4 is 5.73 Å². The molecule has 128 valence electrons. The topological polar surface area (TPSA) is 92.9 Å². The molecule has 2 fully saturated rings. The molecule has 6 nitrogen and oxygen atoms in total. The average molecular weight is 330 g/mol. The number of likely N-dealkylation sites (tertiary alicyclic amines) is 1. The van der Waals surface area contributed by atoms with Gasteiger partial charge in [0.25, 0.3) is 0 Å². The van der Waals surface area contributed by atoms with Crippen LogP contribution in [0, 0.1) is 23.7 Å². The minimum absolute atomic E-state index is 0.105. The first kappa shape index (κ1) is 16.3. The van der Waals surface area contributed by atoms with Crippen LogP contribution in [-0.2, 0) is 14.3 Å². The smallest absolute Gasteiger partial charge is 0.345 e. The lowest BCUT2D eigenvalue weighted by Crippen LogP contribution is -2.54. The van der Waals surface area contributed by atoms with Gasteiger partial charge in [-0.05, 0) is 31.1 Å². The molecule has 0 spiro atoms. The number of carbonyl (C=O) groups is 2. The van der Waals surface area contributed by atoms with Gasteiger partial charge >= 0.3 is 12.6 Å². The number of nitrogens with zero attached hydrogens (tertiary/aromatic N) is 1. The molecule has 0 radical (unpaired) electrons. The molecule has 1 amide bonds. The van der Waals surface area contributed by atoms with Crippen molar-refractivity contribution in [3.8, 4) is 0 Å². The van der Waals surface area contributed by atoms with Gasteiger partial charge in [0, 0.05) is 12.5 Å². The second-order valence-corrected chi connectivity index (χ2v) is 6.59. The zero-order chi connectivity index (χ0) is 16.9. The Bertz CT molecular complexity index is 542. The van der Waals surface area contributed by atoms with E-state index in [0.29, 0.717) is 6.54 Å². The number of rotatable bonds is 5. The highest BCUT2D eigenvalue weighted by Gasteiger charge is 2.58. The molecule has 3 rings (SSSR count). The number of fused-ring (bicyclic) bond motifs is 5. The van der Waals surface area contributed by atoms with Crippen LogP contribution in [0.15, 0.2) is 12.2 Å². The molecule has 8 heteroatoms. The number of ether oxygens (including phenoxy) is 1. The first-order valence-corrected chi connectivity index (χ1v) is 7.72. The zero-order valence-corrected chi connectivity index (χ0v) is 12.6. The number of alkyl halides is 2. The Kier molecular flexibility index (Phi) is 4.14. The molecular formula is C15H20F2N2O4.